The number of carbonyl (C=O) groups excluding carboxylic acids is 4. The molecular formula is C18H29N3O5. The third kappa shape index (κ3) is 3.99. The number of imide groups is 1. The van der Waals surface area contributed by atoms with Crippen molar-refractivity contribution in [1.82, 2.24) is 9.80 Å². The molecule has 8 heteroatoms. The predicted octanol–water partition coefficient (Wildman–Crippen LogP) is 1.56. The van der Waals surface area contributed by atoms with E-state index in [4.69, 9.17) is 10.5 Å². The van der Waals surface area contributed by atoms with E-state index in [1.807, 2.05) is 0 Å². The van der Waals surface area contributed by atoms with Crippen LogP contribution in [0, 0.1) is 0 Å². The van der Waals surface area contributed by atoms with E-state index < -0.39 is 29.2 Å². The molecule has 2 rings (SSSR count). The minimum absolute atomic E-state index is 0.306. The maximum atomic E-state index is 12.8. The van der Waals surface area contributed by atoms with E-state index >= 15 is 0 Å². The average molecular weight is 367 g/mol. The zero-order valence-corrected chi connectivity index (χ0v) is 16.0. The highest BCUT2D eigenvalue weighted by Gasteiger charge is 2.57. The van der Waals surface area contributed by atoms with Gasteiger partial charge in [-0.15, -0.1) is 0 Å². The fourth-order valence-electron chi connectivity index (χ4n) is 3.57. The van der Waals surface area contributed by atoms with Crippen molar-refractivity contribution in [2.75, 3.05) is 6.54 Å². The van der Waals surface area contributed by atoms with E-state index in [0.717, 1.165) is 30.6 Å². The number of primary amides is 1. The van der Waals surface area contributed by atoms with Gasteiger partial charge in [-0.05, 0) is 40.5 Å². The van der Waals surface area contributed by atoms with Crippen molar-refractivity contribution < 1.29 is 23.9 Å². The van der Waals surface area contributed by atoms with Crippen LogP contribution in [0.1, 0.15) is 66.2 Å². The van der Waals surface area contributed by atoms with Crippen molar-refractivity contribution in [2.24, 2.45) is 5.73 Å². The van der Waals surface area contributed by atoms with E-state index in [-0.39, 0.29) is 11.8 Å². The summed E-state index contributed by atoms with van der Waals surface area (Å²) in [6.07, 6.45) is 3.78. The second-order valence-corrected chi connectivity index (χ2v) is 8.20. The first-order valence-electron chi connectivity index (χ1n) is 9.14. The van der Waals surface area contributed by atoms with Gasteiger partial charge in [-0.3, -0.25) is 9.59 Å². The lowest BCUT2D eigenvalue weighted by molar-refractivity contribution is -0.151. The minimum Gasteiger partial charge on any atom is -0.458 e. The van der Waals surface area contributed by atoms with Gasteiger partial charge >= 0.3 is 12.0 Å². The molecule has 2 fully saturated rings. The number of ether oxygens (including phenoxy) is 1. The molecule has 146 valence electrons. The Bertz CT molecular complexity index is 614. The molecule has 4 amide bonds. The molecule has 2 heterocycles. The Morgan fingerprint density at radius 3 is 2.27 bits per heavy atom. The SMILES string of the molecule is CC1(C)CC(N2C(=O)N(CCCCCCC(N)=O)C(C)(C)C2=O)C(=O)O1. The van der Waals surface area contributed by atoms with Gasteiger partial charge < -0.3 is 15.4 Å². The summed E-state index contributed by atoms with van der Waals surface area (Å²) in [6, 6.07) is -1.29. The molecule has 0 aliphatic carbocycles. The number of unbranched alkanes of at least 4 members (excludes halogenated alkanes) is 3. The summed E-state index contributed by atoms with van der Waals surface area (Å²) in [6.45, 7) is 7.36. The number of hydrogen-bond acceptors (Lipinski definition) is 5. The van der Waals surface area contributed by atoms with E-state index in [2.05, 4.69) is 0 Å². The summed E-state index contributed by atoms with van der Waals surface area (Å²) < 4.78 is 5.28. The maximum Gasteiger partial charge on any atom is 0.330 e. The van der Waals surface area contributed by atoms with Crippen LogP contribution in [0.4, 0.5) is 4.79 Å². The third-order valence-corrected chi connectivity index (χ3v) is 5.05. The number of hydrogen-bond donors (Lipinski definition) is 1. The Balaban J connectivity index is 1.98. The number of nitrogens with two attached hydrogens (primary N) is 1. The monoisotopic (exact) mass is 367 g/mol. The lowest BCUT2D eigenvalue weighted by Crippen LogP contribution is -2.45. The van der Waals surface area contributed by atoms with Gasteiger partial charge in [0.15, 0.2) is 0 Å². The van der Waals surface area contributed by atoms with E-state index in [1.54, 1.807) is 27.7 Å². The molecule has 0 aromatic heterocycles. The van der Waals surface area contributed by atoms with Crippen LogP contribution >= 0.6 is 0 Å². The van der Waals surface area contributed by atoms with Gasteiger partial charge in [-0.25, -0.2) is 14.5 Å². The molecule has 8 nitrogen and oxygen atoms in total. The molecular weight excluding hydrogens is 338 g/mol. The Hall–Kier alpha value is -2.12. The highest BCUT2D eigenvalue weighted by Crippen LogP contribution is 2.36. The lowest BCUT2D eigenvalue weighted by atomic mass is 10.00. The number of cyclic esters (lactones) is 1. The second kappa shape index (κ2) is 7.25. The van der Waals surface area contributed by atoms with Crippen LogP contribution < -0.4 is 5.73 Å². The predicted molar refractivity (Wildman–Crippen MR) is 93.9 cm³/mol. The van der Waals surface area contributed by atoms with E-state index in [9.17, 15) is 19.2 Å². The van der Waals surface area contributed by atoms with Gasteiger partial charge in [0.2, 0.25) is 5.91 Å². The standard InChI is InChI=1S/C18H29N3O5/c1-17(2)11-12(14(23)26-17)21-15(24)18(3,4)20(16(21)25)10-8-6-5-7-9-13(19)22/h12H,5-11H2,1-4H3,(H2,19,22). The van der Waals surface area contributed by atoms with Gasteiger partial charge in [0, 0.05) is 19.4 Å². The third-order valence-electron chi connectivity index (χ3n) is 5.05. The number of nitrogens with zero attached hydrogens (tertiary/aromatic N) is 2. The van der Waals surface area contributed by atoms with E-state index in [0.29, 0.717) is 19.4 Å². The summed E-state index contributed by atoms with van der Waals surface area (Å²) in [5, 5.41) is 0. The van der Waals surface area contributed by atoms with Crippen molar-refractivity contribution >= 4 is 23.8 Å². The van der Waals surface area contributed by atoms with Gasteiger partial charge in [0.1, 0.15) is 17.2 Å². The molecule has 26 heavy (non-hydrogen) atoms. The fourth-order valence-corrected chi connectivity index (χ4v) is 3.57. The quantitative estimate of drug-likeness (QED) is 0.398. The van der Waals surface area contributed by atoms with Crippen LogP contribution in [0.15, 0.2) is 0 Å². The largest absolute Gasteiger partial charge is 0.458 e. The van der Waals surface area contributed by atoms with Crippen molar-refractivity contribution in [3.05, 3.63) is 0 Å². The minimum atomic E-state index is -0.989. The molecule has 0 bridgehead atoms. The second-order valence-electron chi connectivity index (χ2n) is 8.20. The van der Waals surface area contributed by atoms with Gasteiger partial charge in [-0.1, -0.05) is 12.8 Å². The van der Waals surface area contributed by atoms with Crippen LogP contribution in [0.2, 0.25) is 0 Å². The molecule has 2 aliphatic rings. The van der Waals surface area contributed by atoms with Crippen LogP contribution in [-0.4, -0.2) is 57.3 Å². The maximum absolute atomic E-state index is 12.8. The van der Waals surface area contributed by atoms with Crippen molar-refractivity contribution in [2.45, 2.75) is 83.4 Å². The lowest BCUT2D eigenvalue weighted by Gasteiger charge is -2.27. The highest BCUT2D eigenvalue weighted by atomic mass is 16.6. The molecule has 2 N–H and O–H groups in total. The zero-order valence-electron chi connectivity index (χ0n) is 16.0. The topological polar surface area (TPSA) is 110 Å². The van der Waals surface area contributed by atoms with Gasteiger partial charge in [-0.2, -0.15) is 0 Å². The summed E-state index contributed by atoms with van der Waals surface area (Å²) in [4.78, 5) is 51.1. The van der Waals surface area contributed by atoms with Crippen molar-refractivity contribution in [3.63, 3.8) is 0 Å². The number of urea groups is 1. The van der Waals surface area contributed by atoms with Crippen molar-refractivity contribution in [1.29, 1.82) is 0 Å². The Labute approximate surface area is 154 Å². The summed E-state index contributed by atoms with van der Waals surface area (Å²) >= 11 is 0. The molecule has 0 aromatic rings. The first kappa shape index (κ1) is 20.2. The first-order chi connectivity index (χ1) is 12.0. The van der Waals surface area contributed by atoms with Crippen LogP contribution in [-0.2, 0) is 19.1 Å². The number of rotatable bonds is 8. The summed E-state index contributed by atoms with van der Waals surface area (Å²) in [5.41, 5.74) is 3.44. The number of esters is 1. The number of carbonyl (C=O) groups is 4. The summed E-state index contributed by atoms with van der Waals surface area (Å²) in [7, 11) is 0. The normalized spacial score (nSPS) is 24.3. The molecule has 0 aromatic carbocycles. The molecule has 0 radical (unpaired) electrons. The average Bonchev–Trinajstić information content (AvgIpc) is 2.86. The van der Waals surface area contributed by atoms with Crippen LogP contribution in [0.25, 0.3) is 0 Å². The summed E-state index contributed by atoms with van der Waals surface area (Å²) in [5.74, 6) is -1.20. The zero-order chi connectivity index (χ0) is 19.7. The molecule has 2 aliphatic heterocycles. The molecule has 0 saturated carbocycles. The van der Waals surface area contributed by atoms with E-state index in [1.165, 1.54) is 4.90 Å². The highest BCUT2D eigenvalue weighted by molar-refractivity contribution is 6.09. The van der Waals surface area contributed by atoms with Crippen molar-refractivity contribution in [3.8, 4) is 0 Å². The first-order valence-corrected chi connectivity index (χ1v) is 9.14. The smallest absolute Gasteiger partial charge is 0.330 e. The molecule has 0 spiro atoms. The Kier molecular flexibility index (Phi) is 5.63. The van der Waals surface area contributed by atoms with Gasteiger partial charge in [0.25, 0.3) is 5.91 Å². The molecule has 1 unspecified atom stereocenters. The molecule has 2 saturated heterocycles. The van der Waals surface area contributed by atoms with Crippen LogP contribution in [0.3, 0.4) is 0 Å². The Morgan fingerprint density at radius 2 is 1.73 bits per heavy atom. The van der Waals surface area contributed by atoms with Crippen LogP contribution in [0.5, 0.6) is 0 Å². The number of amides is 4. The molecule has 1 atom stereocenters. The fraction of sp³-hybridized carbons (Fsp3) is 0.778. The van der Waals surface area contributed by atoms with Gasteiger partial charge in [0.05, 0.1) is 0 Å². The Morgan fingerprint density at radius 1 is 1.12 bits per heavy atom.